The van der Waals surface area contributed by atoms with Gasteiger partial charge in [0.1, 0.15) is 0 Å². The van der Waals surface area contributed by atoms with Gasteiger partial charge in [-0.3, -0.25) is 14.6 Å². The first-order valence-corrected chi connectivity index (χ1v) is 7.89. The Morgan fingerprint density at radius 3 is 2.77 bits per heavy atom. The van der Waals surface area contributed by atoms with Crippen LogP contribution in [0.2, 0.25) is 0 Å². The molecular formula is C16H23N5O. The molecule has 2 aromatic heterocycles. The van der Waals surface area contributed by atoms with Crippen LogP contribution < -0.4 is 0 Å². The van der Waals surface area contributed by atoms with Gasteiger partial charge >= 0.3 is 0 Å². The van der Waals surface area contributed by atoms with Gasteiger partial charge in [-0.15, -0.1) is 0 Å². The summed E-state index contributed by atoms with van der Waals surface area (Å²) in [5, 5.41) is 11.5. The number of hydrogen-bond donors (Lipinski definition) is 1. The van der Waals surface area contributed by atoms with E-state index in [2.05, 4.69) is 21.4 Å². The minimum atomic E-state index is 0.250. The number of likely N-dealkylation sites (tertiary alicyclic amines) is 1. The standard InChI is InChI=1S/C16H23N5O/c1-12-9-15(19-18-12)14-5-7-21(8-6-14)16(22)4-3-13-10-17-20(2)11-13/h9-11,14H,3-8H2,1-2H3,(H,18,19). The highest BCUT2D eigenvalue weighted by atomic mass is 16.2. The summed E-state index contributed by atoms with van der Waals surface area (Å²) in [6.45, 7) is 3.69. The third-order valence-corrected chi connectivity index (χ3v) is 4.38. The zero-order valence-corrected chi connectivity index (χ0v) is 13.2. The molecule has 0 aromatic carbocycles. The Hall–Kier alpha value is -2.11. The Labute approximate surface area is 130 Å². The van der Waals surface area contributed by atoms with E-state index in [4.69, 9.17) is 0 Å². The molecule has 6 nitrogen and oxygen atoms in total. The van der Waals surface area contributed by atoms with Crippen molar-refractivity contribution in [2.75, 3.05) is 13.1 Å². The molecule has 1 N–H and O–H groups in total. The number of aromatic amines is 1. The van der Waals surface area contributed by atoms with Crippen LogP contribution in [0.5, 0.6) is 0 Å². The van der Waals surface area contributed by atoms with Crippen molar-refractivity contribution in [3.8, 4) is 0 Å². The monoisotopic (exact) mass is 301 g/mol. The first-order valence-electron chi connectivity index (χ1n) is 7.89. The fraction of sp³-hybridized carbons (Fsp3) is 0.562. The first-order chi connectivity index (χ1) is 10.6. The van der Waals surface area contributed by atoms with E-state index in [0.29, 0.717) is 12.3 Å². The minimum absolute atomic E-state index is 0.250. The van der Waals surface area contributed by atoms with Crippen LogP contribution in [0.15, 0.2) is 18.5 Å². The van der Waals surface area contributed by atoms with Crippen LogP contribution in [0, 0.1) is 6.92 Å². The van der Waals surface area contributed by atoms with Crippen molar-refractivity contribution in [2.45, 2.75) is 38.5 Å². The summed E-state index contributed by atoms with van der Waals surface area (Å²) in [5.41, 5.74) is 3.36. The Balaban J connectivity index is 1.47. The van der Waals surface area contributed by atoms with Crippen LogP contribution in [0.1, 0.15) is 42.1 Å². The second-order valence-electron chi connectivity index (χ2n) is 6.15. The summed E-state index contributed by atoms with van der Waals surface area (Å²) in [5.74, 6) is 0.729. The van der Waals surface area contributed by atoms with E-state index in [-0.39, 0.29) is 5.91 Å². The molecule has 0 saturated carbocycles. The summed E-state index contributed by atoms with van der Waals surface area (Å²) in [6, 6.07) is 2.12. The van der Waals surface area contributed by atoms with Crippen molar-refractivity contribution < 1.29 is 4.79 Å². The fourth-order valence-electron chi connectivity index (χ4n) is 3.08. The molecule has 0 aliphatic carbocycles. The Kier molecular flexibility index (Phi) is 4.27. The van der Waals surface area contributed by atoms with Gasteiger partial charge in [0.05, 0.1) is 11.9 Å². The molecule has 0 atom stereocenters. The maximum absolute atomic E-state index is 12.3. The van der Waals surface area contributed by atoms with E-state index in [1.54, 1.807) is 4.68 Å². The number of piperidine rings is 1. The molecule has 0 spiro atoms. The summed E-state index contributed by atoms with van der Waals surface area (Å²) in [6.07, 6.45) is 7.15. The maximum atomic E-state index is 12.3. The van der Waals surface area contributed by atoms with Gasteiger partial charge in [0, 0.05) is 44.4 Å². The topological polar surface area (TPSA) is 66.8 Å². The van der Waals surface area contributed by atoms with Crippen molar-refractivity contribution >= 4 is 5.91 Å². The third kappa shape index (κ3) is 3.37. The molecule has 1 amide bonds. The molecule has 3 rings (SSSR count). The number of carbonyl (C=O) groups is 1. The molecular weight excluding hydrogens is 278 g/mol. The second kappa shape index (κ2) is 6.34. The van der Waals surface area contributed by atoms with Crippen LogP contribution in [0.3, 0.4) is 0 Å². The quantitative estimate of drug-likeness (QED) is 0.936. The normalized spacial score (nSPS) is 16.2. The smallest absolute Gasteiger partial charge is 0.222 e. The molecule has 22 heavy (non-hydrogen) atoms. The predicted octanol–water partition coefficient (Wildman–Crippen LogP) is 1.79. The zero-order valence-electron chi connectivity index (χ0n) is 13.2. The van der Waals surface area contributed by atoms with E-state index >= 15 is 0 Å². The molecule has 0 unspecified atom stereocenters. The number of amides is 1. The molecule has 1 aliphatic rings. The minimum Gasteiger partial charge on any atom is -0.343 e. The number of H-pyrrole nitrogens is 1. The van der Waals surface area contributed by atoms with Crippen molar-refractivity contribution in [3.05, 3.63) is 35.4 Å². The lowest BCUT2D eigenvalue weighted by molar-refractivity contribution is -0.132. The van der Waals surface area contributed by atoms with Gasteiger partial charge in [0.15, 0.2) is 0 Å². The molecule has 0 radical (unpaired) electrons. The Morgan fingerprint density at radius 1 is 1.41 bits per heavy atom. The van der Waals surface area contributed by atoms with Gasteiger partial charge in [-0.2, -0.15) is 10.2 Å². The van der Waals surface area contributed by atoms with Crippen molar-refractivity contribution in [1.82, 2.24) is 24.9 Å². The highest BCUT2D eigenvalue weighted by Gasteiger charge is 2.24. The zero-order chi connectivity index (χ0) is 15.5. The van der Waals surface area contributed by atoms with Gasteiger partial charge < -0.3 is 4.90 Å². The molecule has 1 saturated heterocycles. The number of nitrogens with one attached hydrogen (secondary N) is 1. The van der Waals surface area contributed by atoms with E-state index in [1.165, 1.54) is 0 Å². The average molecular weight is 301 g/mol. The van der Waals surface area contributed by atoms with Crippen LogP contribution >= 0.6 is 0 Å². The summed E-state index contributed by atoms with van der Waals surface area (Å²) >= 11 is 0. The number of hydrogen-bond acceptors (Lipinski definition) is 3. The van der Waals surface area contributed by atoms with Gasteiger partial charge in [-0.25, -0.2) is 0 Å². The molecule has 6 heteroatoms. The van der Waals surface area contributed by atoms with Gasteiger partial charge in [-0.1, -0.05) is 0 Å². The van der Waals surface area contributed by atoms with Crippen LogP contribution in [0.4, 0.5) is 0 Å². The predicted molar refractivity (Wildman–Crippen MR) is 83.4 cm³/mol. The van der Waals surface area contributed by atoms with Crippen LogP contribution in [-0.2, 0) is 18.3 Å². The number of nitrogens with zero attached hydrogens (tertiary/aromatic N) is 4. The first kappa shape index (κ1) is 14.8. The van der Waals surface area contributed by atoms with E-state index < -0.39 is 0 Å². The largest absolute Gasteiger partial charge is 0.343 e. The number of aryl methyl sites for hydroxylation is 3. The summed E-state index contributed by atoms with van der Waals surface area (Å²) in [7, 11) is 1.90. The fourth-order valence-corrected chi connectivity index (χ4v) is 3.08. The van der Waals surface area contributed by atoms with E-state index in [1.807, 2.05) is 31.3 Å². The molecule has 118 valence electrons. The Morgan fingerprint density at radius 2 is 2.18 bits per heavy atom. The number of aromatic nitrogens is 4. The maximum Gasteiger partial charge on any atom is 0.222 e. The van der Waals surface area contributed by atoms with Crippen molar-refractivity contribution in [1.29, 1.82) is 0 Å². The highest BCUT2D eigenvalue weighted by Crippen LogP contribution is 2.27. The molecule has 3 heterocycles. The number of rotatable bonds is 4. The molecule has 2 aromatic rings. The van der Waals surface area contributed by atoms with Gasteiger partial charge in [-0.05, 0) is 37.8 Å². The van der Waals surface area contributed by atoms with E-state index in [9.17, 15) is 4.79 Å². The van der Waals surface area contributed by atoms with Gasteiger partial charge in [0.25, 0.3) is 0 Å². The molecule has 1 aliphatic heterocycles. The molecule has 0 bridgehead atoms. The lowest BCUT2D eigenvalue weighted by atomic mass is 9.93. The van der Waals surface area contributed by atoms with Gasteiger partial charge in [0.2, 0.25) is 5.91 Å². The van der Waals surface area contributed by atoms with Crippen LogP contribution in [-0.4, -0.2) is 43.9 Å². The third-order valence-electron chi connectivity index (χ3n) is 4.38. The Bertz CT molecular complexity index is 637. The molecule has 1 fully saturated rings. The van der Waals surface area contributed by atoms with E-state index in [0.717, 1.165) is 49.3 Å². The average Bonchev–Trinajstić information content (AvgIpc) is 3.13. The second-order valence-corrected chi connectivity index (χ2v) is 6.15. The number of carbonyl (C=O) groups excluding carboxylic acids is 1. The SMILES string of the molecule is Cc1cc(C2CCN(C(=O)CCc3cnn(C)c3)CC2)n[nH]1. The lowest BCUT2D eigenvalue weighted by Gasteiger charge is -2.31. The summed E-state index contributed by atoms with van der Waals surface area (Å²) in [4.78, 5) is 14.3. The summed E-state index contributed by atoms with van der Waals surface area (Å²) < 4.78 is 1.77. The van der Waals surface area contributed by atoms with Crippen molar-refractivity contribution in [2.24, 2.45) is 7.05 Å². The highest BCUT2D eigenvalue weighted by molar-refractivity contribution is 5.76. The lowest BCUT2D eigenvalue weighted by Crippen LogP contribution is -2.38. The van der Waals surface area contributed by atoms with Crippen molar-refractivity contribution in [3.63, 3.8) is 0 Å². The van der Waals surface area contributed by atoms with Crippen LogP contribution in [0.25, 0.3) is 0 Å².